The van der Waals surface area contributed by atoms with E-state index < -0.39 is 0 Å². The van der Waals surface area contributed by atoms with E-state index >= 15 is 0 Å². The van der Waals surface area contributed by atoms with Gasteiger partial charge in [-0.2, -0.15) is 4.98 Å². The van der Waals surface area contributed by atoms with Crippen molar-refractivity contribution in [2.45, 2.75) is 26.8 Å². The van der Waals surface area contributed by atoms with Crippen LogP contribution in [0, 0.1) is 6.92 Å². The summed E-state index contributed by atoms with van der Waals surface area (Å²) in [6.45, 7) is 4.33. The Kier molecular flexibility index (Phi) is 3.23. The van der Waals surface area contributed by atoms with Crippen LogP contribution in [0.3, 0.4) is 0 Å². The van der Waals surface area contributed by atoms with Gasteiger partial charge >= 0.3 is 0 Å². The highest BCUT2D eigenvalue weighted by Gasteiger charge is 2.29. The molecule has 1 aliphatic rings. The third-order valence-corrected chi connectivity index (χ3v) is 4.31. The first kappa shape index (κ1) is 14.6. The molecule has 24 heavy (non-hydrogen) atoms. The standard InChI is InChI=1S/C17H17N5O2/c1-4-13-19-16(24-20-13)15-12-8-21(3)17(23)14-10(2)6-5-7-11(14)22(12)9-18-15/h5-7,9H,4,8H2,1-3H3. The molecule has 1 aromatic carbocycles. The second kappa shape index (κ2) is 5.30. The normalized spacial score (nSPS) is 13.6. The summed E-state index contributed by atoms with van der Waals surface area (Å²) in [5.74, 6) is 1.02. The van der Waals surface area contributed by atoms with Gasteiger partial charge in [-0.15, -0.1) is 0 Å². The Hall–Kier alpha value is -2.96. The number of aryl methyl sites for hydroxylation is 2. The van der Waals surface area contributed by atoms with Crippen molar-refractivity contribution >= 4 is 5.91 Å². The van der Waals surface area contributed by atoms with Crippen LogP contribution in [0.5, 0.6) is 0 Å². The zero-order valence-corrected chi connectivity index (χ0v) is 13.8. The van der Waals surface area contributed by atoms with Crippen molar-refractivity contribution in [3.05, 3.63) is 47.2 Å². The van der Waals surface area contributed by atoms with Gasteiger partial charge in [-0.3, -0.25) is 9.36 Å². The molecule has 1 amide bonds. The molecule has 0 saturated heterocycles. The molecule has 0 N–H and O–H groups in total. The first-order valence-electron chi connectivity index (χ1n) is 7.84. The van der Waals surface area contributed by atoms with Crippen LogP contribution < -0.4 is 0 Å². The lowest BCUT2D eigenvalue weighted by atomic mass is 10.1. The molecule has 1 aliphatic heterocycles. The van der Waals surface area contributed by atoms with Crippen LogP contribution in [0.1, 0.15) is 34.4 Å². The Morgan fingerprint density at radius 1 is 1.33 bits per heavy atom. The maximum absolute atomic E-state index is 12.8. The Balaban J connectivity index is 1.94. The summed E-state index contributed by atoms with van der Waals surface area (Å²) in [4.78, 5) is 23.3. The van der Waals surface area contributed by atoms with E-state index in [1.54, 1.807) is 18.3 Å². The lowest BCUT2D eigenvalue weighted by Crippen LogP contribution is -2.25. The quantitative estimate of drug-likeness (QED) is 0.723. The number of hydrogen-bond acceptors (Lipinski definition) is 5. The predicted octanol–water partition coefficient (Wildman–Crippen LogP) is 2.38. The summed E-state index contributed by atoms with van der Waals surface area (Å²) in [7, 11) is 1.79. The number of benzene rings is 1. The van der Waals surface area contributed by atoms with Gasteiger partial charge in [0, 0.05) is 13.5 Å². The van der Waals surface area contributed by atoms with Crippen LogP contribution in [0.25, 0.3) is 17.3 Å². The van der Waals surface area contributed by atoms with E-state index in [9.17, 15) is 4.79 Å². The van der Waals surface area contributed by atoms with Crippen molar-refractivity contribution in [2.24, 2.45) is 0 Å². The molecule has 3 heterocycles. The molecule has 0 bridgehead atoms. The van der Waals surface area contributed by atoms with Gasteiger partial charge < -0.3 is 9.42 Å². The number of rotatable bonds is 2. The Labute approximate surface area is 138 Å². The number of nitrogens with zero attached hydrogens (tertiary/aromatic N) is 5. The first-order valence-corrected chi connectivity index (χ1v) is 7.84. The smallest absolute Gasteiger partial charge is 0.278 e. The number of amides is 1. The molecular weight excluding hydrogens is 306 g/mol. The molecule has 0 saturated carbocycles. The molecule has 3 aromatic rings. The Bertz CT molecular complexity index is 940. The fourth-order valence-corrected chi connectivity index (χ4v) is 3.02. The molecule has 0 aliphatic carbocycles. The number of carbonyl (C=O) groups excluding carboxylic acids is 1. The lowest BCUT2D eigenvalue weighted by molar-refractivity contribution is 0.0787. The zero-order chi connectivity index (χ0) is 16.8. The van der Waals surface area contributed by atoms with Crippen LogP contribution in [0.2, 0.25) is 0 Å². The van der Waals surface area contributed by atoms with E-state index in [1.165, 1.54) is 0 Å². The van der Waals surface area contributed by atoms with E-state index in [0.29, 0.717) is 35.9 Å². The summed E-state index contributed by atoms with van der Waals surface area (Å²) >= 11 is 0. The average Bonchev–Trinajstić information content (AvgIpc) is 3.18. The predicted molar refractivity (Wildman–Crippen MR) is 86.8 cm³/mol. The van der Waals surface area contributed by atoms with E-state index in [1.807, 2.05) is 36.6 Å². The van der Waals surface area contributed by atoms with Gasteiger partial charge in [0.2, 0.25) is 0 Å². The van der Waals surface area contributed by atoms with Crippen molar-refractivity contribution in [1.29, 1.82) is 0 Å². The molecule has 0 unspecified atom stereocenters. The molecule has 0 fully saturated rings. The minimum Gasteiger partial charge on any atom is -0.336 e. The minimum absolute atomic E-state index is 0.00229. The van der Waals surface area contributed by atoms with E-state index in [-0.39, 0.29) is 5.91 Å². The average molecular weight is 323 g/mol. The van der Waals surface area contributed by atoms with E-state index in [0.717, 1.165) is 16.9 Å². The first-order chi connectivity index (χ1) is 11.6. The molecule has 7 nitrogen and oxygen atoms in total. The van der Waals surface area contributed by atoms with Crippen molar-refractivity contribution < 1.29 is 9.32 Å². The second-order valence-electron chi connectivity index (χ2n) is 5.91. The third kappa shape index (κ3) is 2.05. The van der Waals surface area contributed by atoms with Crippen molar-refractivity contribution in [3.63, 3.8) is 0 Å². The van der Waals surface area contributed by atoms with Gasteiger partial charge in [0.25, 0.3) is 11.8 Å². The van der Waals surface area contributed by atoms with E-state index in [2.05, 4.69) is 15.1 Å². The number of imidazole rings is 1. The van der Waals surface area contributed by atoms with Crippen LogP contribution in [0.15, 0.2) is 29.0 Å². The lowest BCUT2D eigenvalue weighted by Gasteiger charge is -2.15. The molecular formula is C17H17N5O2. The van der Waals surface area contributed by atoms with Gasteiger partial charge in [0.1, 0.15) is 6.33 Å². The number of fused-ring (bicyclic) bond motifs is 3. The third-order valence-electron chi connectivity index (χ3n) is 4.31. The Morgan fingerprint density at radius 2 is 2.17 bits per heavy atom. The number of carbonyl (C=O) groups is 1. The number of hydrogen-bond donors (Lipinski definition) is 0. The van der Waals surface area contributed by atoms with Crippen LogP contribution in [0.4, 0.5) is 0 Å². The van der Waals surface area contributed by atoms with Crippen LogP contribution >= 0.6 is 0 Å². The zero-order valence-electron chi connectivity index (χ0n) is 13.8. The van der Waals surface area contributed by atoms with Crippen LogP contribution in [-0.2, 0) is 13.0 Å². The maximum atomic E-state index is 12.8. The monoisotopic (exact) mass is 323 g/mol. The fraction of sp³-hybridized carbons (Fsp3) is 0.294. The highest BCUT2D eigenvalue weighted by molar-refractivity contribution is 5.99. The van der Waals surface area contributed by atoms with Crippen molar-refractivity contribution in [1.82, 2.24) is 24.6 Å². The maximum Gasteiger partial charge on any atom is 0.278 e. The SMILES string of the molecule is CCc1noc(-c2ncn3c2CN(C)C(=O)c2c(C)cccc2-3)n1. The molecule has 122 valence electrons. The second-order valence-corrected chi connectivity index (χ2v) is 5.91. The van der Waals surface area contributed by atoms with Gasteiger partial charge in [-0.1, -0.05) is 24.2 Å². The molecule has 0 radical (unpaired) electrons. The summed E-state index contributed by atoms with van der Waals surface area (Å²) in [6, 6.07) is 5.82. The summed E-state index contributed by atoms with van der Waals surface area (Å²) in [5, 5.41) is 3.94. The van der Waals surface area contributed by atoms with Gasteiger partial charge in [-0.25, -0.2) is 4.98 Å². The molecule has 4 rings (SSSR count). The summed E-state index contributed by atoms with van der Waals surface area (Å²) in [6.07, 6.45) is 2.41. The van der Waals surface area contributed by atoms with Crippen molar-refractivity contribution in [2.75, 3.05) is 7.05 Å². The van der Waals surface area contributed by atoms with Crippen LogP contribution in [-0.4, -0.2) is 37.5 Å². The summed E-state index contributed by atoms with van der Waals surface area (Å²) in [5.41, 5.74) is 3.95. The highest BCUT2D eigenvalue weighted by Crippen LogP contribution is 2.31. The molecule has 0 atom stereocenters. The highest BCUT2D eigenvalue weighted by atomic mass is 16.5. The molecule has 7 heteroatoms. The fourth-order valence-electron chi connectivity index (χ4n) is 3.02. The van der Waals surface area contributed by atoms with E-state index in [4.69, 9.17) is 4.52 Å². The van der Waals surface area contributed by atoms with Gasteiger partial charge in [0.15, 0.2) is 11.5 Å². The van der Waals surface area contributed by atoms with Gasteiger partial charge in [-0.05, 0) is 18.6 Å². The van der Waals surface area contributed by atoms with Crippen molar-refractivity contribution in [3.8, 4) is 17.3 Å². The summed E-state index contributed by atoms with van der Waals surface area (Å²) < 4.78 is 7.28. The van der Waals surface area contributed by atoms with Gasteiger partial charge in [0.05, 0.1) is 23.5 Å². The Morgan fingerprint density at radius 3 is 2.92 bits per heavy atom. The minimum atomic E-state index is -0.00229. The molecule has 2 aromatic heterocycles. The molecule has 0 spiro atoms. The largest absolute Gasteiger partial charge is 0.336 e. The topological polar surface area (TPSA) is 77.0 Å². The number of aromatic nitrogens is 4.